The molecule has 0 radical (unpaired) electrons. The quantitative estimate of drug-likeness (QED) is 0.679. The van der Waals surface area contributed by atoms with Crippen molar-refractivity contribution in [3.05, 3.63) is 65.5 Å². The molecule has 0 spiro atoms. The molecule has 1 aromatic heterocycles. The minimum atomic E-state index is 0.128. The van der Waals surface area contributed by atoms with Crippen LogP contribution in [-0.4, -0.2) is 40.4 Å². The zero-order valence-electron chi connectivity index (χ0n) is 15.6. The second-order valence-corrected chi connectivity index (χ2v) is 7.20. The third-order valence-corrected chi connectivity index (χ3v) is 5.22. The van der Waals surface area contributed by atoms with Gasteiger partial charge in [0.15, 0.2) is 0 Å². The summed E-state index contributed by atoms with van der Waals surface area (Å²) in [5.74, 6) is 1.08. The Bertz CT molecular complexity index is 884. The van der Waals surface area contributed by atoms with E-state index in [1.165, 1.54) is 11.1 Å². The third-order valence-electron chi connectivity index (χ3n) is 5.22. The number of carbonyl (C=O) groups excluding carboxylic acids is 1. The molecule has 3 aromatic rings. The zero-order valence-corrected chi connectivity index (χ0v) is 15.6. The maximum absolute atomic E-state index is 12.1. The largest absolute Gasteiger partial charge is 0.355 e. The summed E-state index contributed by atoms with van der Waals surface area (Å²) in [4.78, 5) is 22.4. The van der Waals surface area contributed by atoms with Crippen molar-refractivity contribution in [2.45, 2.75) is 32.2 Å². The number of H-pyrrole nitrogens is 1. The average Bonchev–Trinajstić information content (AvgIpc) is 3.11. The van der Waals surface area contributed by atoms with Gasteiger partial charge in [0.1, 0.15) is 5.82 Å². The summed E-state index contributed by atoms with van der Waals surface area (Å²) in [6, 6.07) is 16.7. The monoisotopic (exact) mass is 362 g/mol. The highest BCUT2D eigenvalue weighted by atomic mass is 16.1. The normalized spacial score (nSPS) is 14.2. The lowest BCUT2D eigenvalue weighted by atomic mass is 10.00. The molecule has 140 valence electrons. The number of para-hydroxylation sites is 2. The molecular formula is C22H26N4O. The maximum Gasteiger partial charge on any atom is 0.220 e. The Balaban J connectivity index is 1.15. The molecule has 0 saturated carbocycles. The van der Waals surface area contributed by atoms with Gasteiger partial charge in [-0.25, -0.2) is 4.98 Å². The molecule has 0 saturated heterocycles. The number of rotatable bonds is 7. The van der Waals surface area contributed by atoms with Crippen molar-refractivity contribution in [3.8, 4) is 0 Å². The van der Waals surface area contributed by atoms with Crippen LogP contribution in [0.2, 0.25) is 0 Å². The fraction of sp³-hybridized carbons (Fsp3) is 0.364. The van der Waals surface area contributed by atoms with Crippen LogP contribution in [0.3, 0.4) is 0 Å². The van der Waals surface area contributed by atoms with Gasteiger partial charge in [-0.3, -0.25) is 9.69 Å². The Morgan fingerprint density at radius 1 is 1.11 bits per heavy atom. The molecule has 2 N–H and O–H groups in total. The first-order valence-corrected chi connectivity index (χ1v) is 9.77. The van der Waals surface area contributed by atoms with E-state index < -0.39 is 0 Å². The van der Waals surface area contributed by atoms with Crippen LogP contribution in [-0.2, 0) is 24.2 Å². The number of aromatic nitrogens is 2. The predicted octanol–water partition coefficient (Wildman–Crippen LogP) is 3.06. The molecule has 0 unspecified atom stereocenters. The van der Waals surface area contributed by atoms with E-state index in [4.69, 9.17) is 0 Å². The Hall–Kier alpha value is -2.66. The van der Waals surface area contributed by atoms with Gasteiger partial charge in [0.25, 0.3) is 0 Å². The molecule has 0 aliphatic carbocycles. The SMILES string of the molecule is O=C(CCCc1nc2ccccc2[nH]1)NCCN1CCc2ccccc2C1. The van der Waals surface area contributed by atoms with Gasteiger partial charge in [-0.1, -0.05) is 36.4 Å². The molecule has 0 atom stereocenters. The molecule has 1 aliphatic rings. The molecule has 4 rings (SSSR count). The number of nitrogens with zero attached hydrogens (tertiary/aromatic N) is 2. The smallest absolute Gasteiger partial charge is 0.220 e. The number of nitrogens with one attached hydrogen (secondary N) is 2. The van der Waals surface area contributed by atoms with Crippen LogP contribution < -0.4 is 5.32 Å². The lowest BCUT2D eigenvalue weighted by Crippen LogP contribution is -2.37. The molecule has 1 amide bonds. The standard InChI is InChI=1S/C22H26N4O/c27-22(11-5-10-21-24-19-8-3-4-9-20(19)25-21)23-13-15-26-14-12-17-6-1-2-7-18(17)16-26/h1-4,6-9H,5,10-16H2,(H,23,27)(H,24,25). The van der Waals surface area contributed by atoms with E-state index in [0.717, 1.165) is 55.8 Å². The van der Waals surface area contributed by atoms with Crippen molar-refractivity contribution < 1.29 is 4.79 Å². The highest BCUT2D eigenvalue weighted by molar-refractivity contribution is 5.76. The predicted molar refractivity (Wildman–Crippen MR) is 107 cm³/mol. The van der Waals surface area contributed by atoms with E-state index in [1.807, 2.05) is 24.3 Å². The number of aromatic amines is 1. The Morgan fingerprint density at radius 3 is 2.81 bits per heavy atom. The van der Waals surface area contributed by atoms with E-state index in [1.54, 1.807) is 0 Å². The Morgan fingerprint density at radius 2 is 1.93 bits per heavy atom. The first kappa shape index (κ1) is 17.7. The number of hydrogen-bond acceptors (Lipinski definition) is 3. The van der Waals surface area contributed by atoms with Crippen molar-refractivity contribution in [2.75, 3.05) is 19.6 Å². The second kappa shape index (κ2) is 8.35. The van der Waals surface area contributed by atoms with Crippen molar-refractivity contribution >= 4 is 16.9 Å². The molecule has 5 heteroatoms. The van der Waals surface area contributed by atoms with Crippen LogP contribution >= 0.6 is 0 Å². The number of benzene rings is 2. The average molecular weight is 362 g/mol. The fourth-order valence-electron chi connectivity index (χ4n) is 3.73. The van der Waals surface area contributed by atoms with Crippen molar-refractivity contribution in [1.82, 2.24) is 20.2 Å². The Labute approximate surface area is 159 Å². The van der Waals surface area contributed by atoms with Gasteiger partial charge in [-0.05, 0) is 36.1 Å². The third kappa shape index (κ3) is 4.55. The van der Waals surface area contributed by atoms with E-state index in [2.05, 4.69) is 44.5 Å². The summed E-state index contributed by atoms with van der Waals surface area (Å²) in [5, 5.41) is 3.06. The Kier molecular flexibility index (Phi) is 5.49. The van der Waals surface area contributed by atoms with Crippen molar-refractivity contribution in [2.24, 2.45) is 0 Å². The van der Waals surface area contributed by atoms with E-state index >= 15 is 0 Å². The van der Waals surface area contributed by atoms with Gasteiger partial charge in [0, 0.05) is 39.0 Å². The summed E-state index contributed by atoms with van der Waals surface area (Å²) < 4.78 is 0. The van der Waals surface area contributed by atoms with E-state index in [-0.39, 0.29) is 5.91 Å². The first-order valence-electron chi connectivity index (χ1n) is 9.77. The second-order valence-electron chi connectivity index (χ2n) is 7.20. The number of amides is 1. The van der Waals surface area contributed by atoms with Gasteiger partial charge < -0.3 is 10.3 Å². The van der Waals surface area contributed by atoms with E-state index in [9.17, 15) is 4.79 Å². The minimum Gasteiger partial charge on any atom is -0.355 e. The van der Waals surface area contributed by atoms with Gasteiger partial charge >= 0.3 is 0 Å². The van der Waals surface area contributed by atoms with Gasteiger partial charge in [0.2, 0.25) is 5.91 Å². The van der Waals surface area contributed by atoms with Crippen molar-refractivity contribution in [3.63, 3.8) is 0 Å². The molecule has 2 aromatic carbocycles. The topological polar surface area (TPSA) is 61.0 Å². The molecule has 5 nitrogen and oxygen atoms in total. The lowest BCUT2D eigenvalue weighted by molar-refractivity contribution is -0.121. The van der Waals surface area contributed by atoms with Crippen LogP contribution in [0.25, 0.3) is 11.0 Å². The lowest BCUT2D eigenvalue weighted by Gasteiger charge is -2.28. The van der Waals surface area contributed by atoms with Crippen LogP contribution in [0.4, 0.5) is 0 Å². The number of hydrogen-bond donors (Lipinski definition) is 2. The van der Waals surface area contributed by atoms with Gasteiger partial charge in [0.05, 0.1) is 11.0 Å². The van der Waals surface area contributed by atoms with Crippen LogP contribution in [0.5, 0.6) is 0 Å². The van der Waals surface area contributed by atoms with E-state index in [0.29, 0.717) is 13.0 Å². The van der Waals surface area contributed by atoms with Crippen LogP contribution in [0.1, 0.15) is 29.8 Å². The maximum atomic E-state index is 12.1. The zero-order chi connectivity index (χ0) is 18.5. The number of fused-ring (bicyclic) bond motifs is 2. The van der Waals surface area contributed by atoms with Crippen molar-refractivity contribution in [1.29, 1.82) is 0 Å². The molecular weight excluding hydrogens is 336 g/mol. The van der Waals surface area contributed by atoms with Gasteiger partial charge in [-0.15, -0.1) is 0 Å². The van der Waals surface area contributed by atoms with Crippen LogP contribution in [0, 0.1) is 0 Å². The number of aryl methyl sites for hydroxylation is 1. The van der Waals surface area contributed by atoms with Crippen LogP contribution in [0.15, 0.2) is 48.5 Å². The summed E-state index contributed by atoms with van der Waals surface area (Å²) in [6.07, 6.45) is 3.25. The molecule has 27 heavy (non-hydrogen) atoms. The number of imidazole rings is 1. The minimum absolute atomic E-state index is 0.128. The summed E-state index contributed by atoms with van der Waals surface area (Å²) >= 11 is 0. The molecule has 0 fully saturated rings. The number of carbonyl (C=O) groups is 1. The molecule has 0 bridgehead atoms. The highest BCUT2D eigenvalue weighted by Crippen LogP contribution is 2.17. The summed E-state index contributed by atoms with van der Waals surface area (Å²) in [7, 11) is 0. The summed E-state index contributed by atoms with van der Waals surface area (Å²) in [6.45, 7) is 3.67. The molecule has 1 aliphatic heterocycles. The highest BCUT2D eigenvalue weighted by Gasteiger charge is 2.15. The first-order chi connectivity index (χ1) is 13.3. The van der Waals surface area contributed by atoms with Gasteiger partial charge in [-0.2, -0.15) is 0 Å². The fourth-order valence-corrected chi connectivity index (χ4v) is 3.73. The molecule has 2 heterocycles. The summed E-state index contributed by atoms with van der Waals surface area (Å²) in [5.41, 5.74) is 4.92.